The smallest absolute Gasteiger partial charge is 0.162 e. The van der Waals surface area contributed by atoms with Crippen LogP contribution in [0.3, 0.4) is 0 Å². The maximum Gasteiger partial charge on any atom is 0.162 e. The van der Waals surface area contributed by atoms with Gasteiger partial charge < -0.3 is 10.5 Å². The van der Waals surface area contributed by atoms with Crippen LogP contribution in [0.25, 0.3) is 0 Å². The summed E-state index contributed by atoms with van der Waals surface area (Å²) in [4.78, 5) is 11.9. The SMILES string of the molecule is CC(C)(N)CCC(=O)c1ccc(OC2CC2)cc1. The van der Waals surface area contributed by atoms with Crippen molar-refractivity contribution in [2.75, 3.05) is 0 Å². The van der Waals surface area contributed by atoms with Gasteiger partial charge in [0, 0.05) is 17.5 Å². The Hall–Kier alpha value is -1.35. The molecule has 0 saturated heterocycles. The number of Topliss-reactive ketones (excluding diaryl/α,β-unsaturated/α-hetero) is 1. The van der Waals surface area contributed by atoms with Gasteiger partial charge in [0.1, 0.15) is 5.75 Å². The molecule has 3 nitrogen and oxygen atoms in total. The molecule has 98 valence electrons. The molecule has 1 saturated carbocycles. The second-order valence-corrected chi connectivity index (χ2v) is 5.75. The minimum absolute atomic E-state index is 0.145. The first kappa shape index (κ1) is 13.1. The van der Waals surface area contributed by atoms with Crippen molar-refractivity contribution in [1.82, 2.24) is 0 Å². The molecule has 1 aromatic rings. The van der Waals surface area contributed by atoms with Crippen LogP contribution in [-0.4, -0.2) is 17.4 Å². The number of carbonyl (C=O) groups excluding carboxylic acids is 1. The average molecular weight is 247 g/mol. The largest absolute Gasteiger partial charge is 0.490 e. The van der Waals surface area contributed by atoms with E-state index in [1.165, 1.54) is 0 Å². The second-order valence-electron chi connectivity index (χ2n) is 5.75. The van der Waals surface area contributed by atoms with E-state index in [9.17, 15) is 4.79 Å². The van der Waals surface area contributed by atoms with Crippen molar-refractivity contribution in [3.8, 4) is 5.75 Å². The fraction of sp³-hybridized carbons (Fsp3) is 0.533. The quantitative estimate of drug-likeness (QED) is 0.786. The predicted octanol–water partition coefficient (Wildman–Crippen LogP) is 2.93. The van der Waals surface area contributed by atoms with E-state index in [0.717, 1.165) is 24.2 Å². The number of nitrogens with two attached hydrogens (primary N) is 1. The number of benzene rings is 1. The fourth-order valence-electron chi connectivity index (χ4n) is 1.68. The first-order chi connectivity index (χ1) is 8.44. The van der Waals surface area contributed by atoms with E-state index < -0.39 is 0 Å². The molecule has 0 heterocycles. The van der Waals surface area contributed by atoms with Crippen LogP contribution in [0.1, 0.15) is 49.9 Å². The summed E-state index contributed by atoms with van der Waals surface area (Å²) in [5.41, 5.74) is 6.33. The van der Waals surface area contributed by atoms with Crippen molar-refractivity contribution >= 4 is 5.78 Å². The molecule has 1 aliphatic carbocycles. The number of rotatable bonds is 6. The third-order valence-corrected chi connectivity index (χ3v) is 3.00. The van der Waals surface area contributed by atoms with Crippen LogP contribution in [0.15, 0.2) is 24.3 Å². The predicted molar refractivity (Wildman–Crippen MR) is 71.9 cm³/mol. The molecule has 0 aliphatic heterocycles. The van der Waals surface area contributed by atoms with Crippen LogP contribution in [0, 0.1) is 0 Å². The molecule has 0 spiro atoms. The molecule has 0 atom stereocenters. The van der Waals surface area contributed by atoms with Gasteiger partial charge >= 0.3 is 0 Å². The lowest BCUT2D eigenvalue weighted by Crippen LogP contribution is -2.32. The topological polar surface area (TPSA) is 52.3 Å². The molecule has 2 N–H and O–H groups in total. The summed E-state index contributed by atoms with van der Waals surface area (Å²) in [5, 5.41) is 0. The van der Waals surface area contributed by atoms with Gasteiger partial charge in [0.2, 0.25) is 0 Å². The lowest BCUT2D eigenvalue weighted by Gasteiger charge is -2.17. The summed E-state index contributed by atoms with van der Waals surface area (Å²) in [6.07, 6.45) is 3.88. The Labute approximate surface area is 108 Å². The van der Waals surface area contributed by atoms with Crippen LogP contribution in [-0.2, 0) is 0 Å². The molecular weight excluding hydrogens is 226 g/mol. The van der Waals surface area contributed by atoms with Gasteiger partial charge in [0.05, 0.1) is 6.10 Å². The van der Waals surface area contributed by atoms with Crippen molar-refractivity contribution in [2.45, 2.75) is 51.2 Å². The highest BCUT2D eigenvalue weighted by Gasteiger charge is 2.23. The molecule has 18 heavy (non-hydrogen) atoms. The lowest BCUT2D eigenvalue weighted by atomic mass is 9.96. The zero-order valence-corrected chi connectivity index (χ0v) is 11.1. The van der Waals surface area contributed by atoms with Gasteiger partial charge in [-0.25, -0.2) is 0 Å². The lowest BCUT2D eigenvalue weighted by molar-refractivity contribution is 0.0972. The Morgan fingerprint density at radius 1 is 1.33 bits per heavy atom. The molecule has 0 amide bonds. The van der Waals surface area contributed by atoms with Gasteiger partial charge in [-0.05, 0) is 57.4 Å². The van der Waals surface area contributed by atoms with Crippen molar-refractivity contribution < 1.29 is 9.53 Å². The summed E-state index contributed by atoms with van der Waals surface area (Å²) >= 11 is 0. The highest BCUT2D eigenvalue weighted by atomic mass is 16.5. The summed E-state index contributed by atoms with van der Waals surface area (Å²) < 4.78 is 5.64. The van der Waals surface area contributed by atoms with Crippen LogP contribution in [0.4, 0.5) is 0 Å². The monoisotopic (exact) mass is 247 g/mol. The highest BCUT2D eigenvalue weighted by molar-refractivity contribution is 5.96. The normalized spacial score (nSPS) is 15.5. The molecule has 1 aromatic carbocycles. The van der Waals surface area contributed by atoms with Crippen LogP contribution in [0.5, 0.6) is 5.75 Å². The number of carbonyl (C=O) groups is 1. The van der Waals surface area contributed by atoms with Crippen molar-refractivity contribution in [1.29, 1.82) is 0 Å². The Kier molecular flexibility index (Phi) is 3.71. The second kappa shape index (κ2) is 5.11. The maximum atomic E-state index is 11.9. The first-order valence-electron chi connectivity index (χ1n) is 6.53. The van der Waals surface area contributed by atoms with Crippen molar-refractivity contribution in [3.63, 3.8) is 0 Å². The van der Waals surface area contributed by atoms with Gasteiger partial charge in [-0.2, -0.15) is 0 Å². The van der Waals surface area contributed by atoms with E-state index in [-0.39, 0.29) is 11.3 Å². The molecule has 0 bridgehead atoms. The standard InChI is InChI=1S/C15H21NO2/c1-15(2,16)10-9-14(17)11-3-5-12(6-4-11)18-13-7-8-13/h3-6,13H,7-10,16H2,1-2H3. The van der Waals surface area contributed by atoms with Gasteiger partial charge in [0.15, 0.2) is 5.78 Å². The molecule has 0 radical (unpaired) electrons. The van der Waals surface area contributed by atoms with Crippen LogP contribution in [0.2, 0.25) is 0 Å². The maximum absolute atomic E-state index is 11.9. The van der Waals surface area contributed by atoms with Crippen molar-refractivity contribution in [2.24, 2.45) is 5.73 Å². The van der Waals surface area contributed by atoms with Gasteiger partial charge in [0.25, 0.3) is 0 Å². The van der Waals surface area contributed by atoms with E-state index in [0.29, 0.717) is 18.9 Å². The van der Waals surface area contributed by atoms with E-state index >= 15 is 0 Å². The Morgan fingerprint density at radius 3 is 2.44 bits per heavy atom. The molecule has 3 heteroatoms. The van der Waals surface area contributed by atoms with Gasteiger partial charge in [-0.15, -0.1) is 0 Å². The third kappa shape index (κ3) is 4.15. The zero-order valence-electron chi connectivity index (χ0n) is 11.1. The van der Waals surface area contributed by atoms with E-state index in [1.807, 2.05) is 38.1 Å². The van der Waals surface area contributed by atoms with Crippen LogP contribution >= 0.6 is 0 Å². The van der Waals surface area contributed by atoms with Gasteiger partial charge in [-0.1, -0.05) is 0 Å². The number of hydrogen-bond donors (Lipinski definition) is 1. The molecular formula is C15H21NO2. The minimum atomic E-state index is -0.287. The Bertz CT molecular complexity index is 413. The molecule has 0 unspecified atom stereocenters. The molecule has 2 rings (SSSR count). The Morgan fingerprint density at radius 2 is 1.94 bits per heavy atom. The fourth-order valence-corrected chi connectivity index (χ4v) is 1.68. The van der Waals surface area contributed by atoms with Gasteiger partial charge in [-0.3, -0.25) is 4.79 Å². The summed E-state index contributed by atoms with van der Waals surface area (Å²) in [6, 6.07) is 7.42. The minimum Gasteiger partial charge on any atom is -0.490 e. The average Bonchev–Trinajstić information content (AvgIpc) is 3.10. The summed E-state index contributed by atoms with van der Waals surface area (Å²) in [5.74, 6) is 1.000. The Balaban J connectivity index is 1.89. The van der Waals surface area contributed by atoms with E-state index in [1.54, 1.807) is 0 Å². The third-order valence-electron chi connectivity index (χ3n) is 3.00. The number of hydrogen-bond acceptors (Lipinski definition) is 3. The summed E-state index contributed by atoms with van der Waals surface area (Å²) in [7, 11) is 0. The molecule has 1 aliphatic rings. The van der Waals surface area contributed by atoms with Crippen molar-refractivity contribution in [3.05, 3.63) is 29.8 Å². The molecule has 0 aromatic heterocycles. The van der Waals surface area contributed by atoms with E-state index in [4.69, 9.17) is 10.5 Å². The van der Waals surface area contributed by atoms with E-state index in [2.05, 4.69) is 0 Å². The zero-order chi connectivity index (χ0) is 13.2. The number of ether oxygens (including phenoxy) is 1. The highest BCUT2D eigenvalue weighted by Crippen LogP contribution is 2.27. The first-order valence-corrected chi connectivity index (χ1v) is 6.53. The number of ketones is 1. The van der Waals surface area contributed by atoms with Crippen LogP contribution < -0.4 is 10.5 Å². The summed E-state index contributed by atoms with van der Waals surface area (Å²) in [6.45, 7) is 3.87. The molecule has 1 fully saturated rings.